The molecule has 2 aromatic rings. The van der Waals surface area contributed by atoms with Gasteiger partial charge < -0.3 is 14.2 Å². The number of rotatable bonds is 8. The van der Waals surface area contributed by atoms with E-state index in [4.69, 9.17) is 14.2 Å². The molecule has 28 heavy (non-hydrogen) atoms. The quantitative estimate of drug-likeness (QED) is 0.687. The van der Waals surface area contributed by atoms with Crippen LogP contribution in [0.3, 0.4) is 0 Å². The van der Waals surface area contributed by atoms with Gasteiger partial charge in [0, 0.05) is 0 Å². The van der Waals surface area contributed by atoms with Crippen molar-refractivity contribution >= 4 is 0 Å². The average Bonchev–Trinajstić information content (AvgIpc) is 3.50. The number of ether oxygens (including phenoxy) is 3. The van der Waals surface area contributed by atoms with Crippen LogP contribution < -0.4 is 14.2 Å². The SMILES string of the molecule is COc1cc(C(C#N)(C[C@@H]2C[C@H]2c2ccccc2)N(C)C)cc(OC)c1OC. The van der Waals surface area contributed by atoms with E-state index in [0.29, 0.717) is 29.1 Å². The minimum atomic E-state index is -0.777. The molecule has 5 nitrogen and oxygen atoms in total. The van der Waals surface area contributed by atoms with E-state index >= 15 is 0 Å². The highest BCUT2D eigenvalue weighted by molar-refractivity contribution is 5.56. The van der Waals surface area contributed by atoms with Crippen LogP contribution >= 0.6 is 0 Å². The number of hydrogen-bond donors (Lipinski definition) is 0. The Hall–Kier alpha value is -2.71. The lowest BCUT2D eigenvalue weighted by molar-refractivity contribution is 0.192. The summed E-state index contributed by atoms with van der Waals surface area (Å²) >= 11 is 0. The monoisotopic (exact) mass is 380 g/mol. The molecule has 0 saturated heterocycles. The predicted octanol–water partition coefficient (Wildman–Crippen LogP) is 4.19. The Bertz CT molecular complexity index is 835. The standard InChI is InChI=1S/C23H28N2O3/c1-25(2)23(15-24,14-17-11-19(17)16-9-7-6-8-10-16)18-12-20(26-3)22(28-5)21(13-18)27-4/h6-10,12-13,17,19H,11,14H2,1-5H3/t17-,19-,23?/m0/s1. The third-order valence-corrected chi connectivity index (χ3v) is 5.80. The second-order valence-electron chi connectivity index (χ2n) is 7.50. The van der Waals surface area contributed by atoms with Crippen LogP contribution in [0, 0.1) is 17.2 Å². The van der Waals surface area contributed by atoms with Crippen molar-refractivity contribution in [2.24, 2.45) is 5.92 Å². The molecule has 148 valence electrons. The summed E-state index contributed by atoms with van der Waals surface area (Å²) in [5, 5.41) is 10.3. The second kappa shape index (κ2) is 8.12. The van der Waals surface area contributed by atoms with E-state index in [1.54, 1.807) is 21.3 Å². The Balaban J connectivity index is 1.98. The van der Waals surface area contributed by atoms with Gasteiger partial charge in [-0.15, -0.1) is 0 Å². The minimum Gasteiger partial charge on any atom is -0.493 e. The molecular weight excluding hydrogens is 352 g/mol. The van der Waals surface area contributed by atoms with Gasteiger partial charge in [0.1, 0.15) is 5.54 Å². The first kappa shape index (κ1) is 20.0. The van der Waals surface area contributed by atoms with Crippen LogP contribution in [0.4, 0.5) is 0 Å². The molecule has 1 saturated carbocycles. The van der Waals surface area contributed by atoms with Crippen LogP contribution in [0.25, 0.3) is 0 Å². The number of methoxy groups -OCH3 is 3. The highest BCUT2D eigenvalue weighted by Crippen LogP contribution is 2.54. The highest BCUT2D eigenvalue weighted by atomic mass is 16.5. The highest BCUT2D eigenvalue weighted by Gasteiger charge is 2.47. The fourth-order valence-electron chi connectivity index (χ4n) is 4.05. The molecule has 3 atom stereocenters. The maximum atomic E-state index is 10.3. The van der Waals surface area contributed by atoms with Gasteiger partial charge in [-0.1, -0.05) is 30.3 Å². The molecule has 3 rings (SSSR count). The minimum absolute atomic E-state index is 0.462. The Morgan fingerprint density at radius 2 is 1.64 bits per heavy atom. The summed E-state index contributed by atoms with van der Waals surface area (Å²) in [6, 6.07) is 16.9. The molecular formula is C23H28N2O3. The van der Waals surface area contributed by atoms with Crippen molar-refractivity contribution in [3.63, 3.8) is 0 Å². The van der Waals surface area contributed by atoms with E-state index < -0.39 is 5.54 Å². The van der Waals surface area contributed by atoms with Gasteiger partial charge in [0.05, 0.1) is 27.4 Å². The second-order valence-corrected chi connectivity index (χ2v) is 7.50. The molecule has 0 heterocycles. The van der Waals surface area contributed by atoms with Crippen LogP contribution in [-0.4, -0.2) is 40.3 Å². The summed E-state index contributed by atoms with van der Waals surface area (Å²) in [7, 11) is 8.67. The molecule has 0 amide bonds. The zero-order valence-electron chi connectivity index (χ0n) is 17.2. The fraction of sp³-hybridized carbons (Fsp3) is 0.435. The van der Waals surface area contributed by atoms with Crippen molar-refractivity contribution in [1.82, 2.24) is 4.90 Å². The average molecular weight is 380 g/mol. The zero-order chi connectivity index (χ0) is 20.3. The van der Waals surface area contributed by atoms with Crippen molar-refractivity contribution in [1.29, 1.82) is 5.26 Å². The molecule has 0 spiro atoms. The Morgan fingerprint density at radius 1 is 1.04 bits per heavy atom. The van der Waals surface area contributed by atoms with Crippen molar-refractivity contribution in [2.45, 2.75) is 24.3 Å². The van der Waals surface area contributed by atoms with Crippen molar-refractivity contribution in [2.75, 3.05) is 35.4 Å². The molecule has 0 bridgehead atoms. The molecule has 1 aliphatic rings. The van der Waals surface area contributed by atoms with Gasteiger partial charge in [0.2, 0.25) is 5.75 Å². The van der Waals surface area contributed by atoms with E-state index in [9.17, 15) is 5.26 Å². The van der Waals surface area contributed by atoms with Crippen LogP contribution in [0.2, 0.25) is 0 Å². The van der Waals surface area contributed by atoms with Gasteiger partial charge in [0.25, 0.3) is 0 Å². The van der Waals surface area contributed by atoms with Crippen molar-refractivity contribution < 1.29 is 14.2 Å². The number of benzene rings is 2. The third-order valence-electron chi connectivity index (χ3n) is 5.80. The zero-order valence-corrected chi connectivity index (χ0v) is 17.2. The Kier molecular flexibility index (Phi) is 5.81. The van der Waals surface area contributed by atoms with Gasteiger partial charge >= 0.3 is 0 Å². The van der Waals surface area contributed by atoms with Gasteiger partial charge in [-0.3, -0.25) is 4.90 Å². The van der Waals surface area contributed by atoms with Crippen LogP contribution in [-0.2, 0) is 5.54 Å². The molecule has 1 aliphatic carbocycles. The fourth-order valence-corrected chi connectivity index (χ4v) is 4.05. The van der Waals surface area contributed by atoms with Gasteiger partial charge in [-0.25, -0.2) is 0 Å². The van der Waals surface area contributed by atoms with E-state index in [0.717, 1.165) is 18.4 Å². The summed E-state index contributed by atoms with van der Waals surface area (Å²) in [4.78, 5) is 1.99. The Morgan fingerprint density at radius 3 is 2.11 bits per heavy atom. The summed E-state index contributed by atoms with van der Waals surface area (Å²) in [5.74, 6) is 2.63. The number of nitriles is 1. The van der Waals surface area contributed by atoms with Crippen molar-refractivity contribution in [3.8, 4) is 23.3 Å². The van der Waals surface area contributed by atoms with Crippen LogP contribution in [0.5, 0.6) is 17.2 Å². The first-order chi connectivity index (χ1) is 13.5. The lowest BCUT2D eigenvalue weighted by atomic mass is 9.83. The number of nitrogens with zero attached hydrogens (tertiary/aromatic N) is 2. The molecule has 1 fully saturated rings. The van der Waals surface area contributed by atoms with Gasteiger partial charge in [-0.05, 0) is 62.0 Å². The lowest BCUT2D eigenvalue weighted by Crippen LogP contribution is -2.40. The summed E-state index contributed by atoms with van der Waals surface area (Å²) in [5.41, 5.74) is 1.43. The molecule has 0 aliphatic heterocycles. The largest absolute Gasteiger partial charge is 0.493 e. The summed E-state index contributed by atoms with van der Waals surface area (Å²) in [6.45, 7) is 0. The van der Waals surface area contributed by atoms with Crippen LogP contribution in [0.15, 0.2) is 42.5 Å². The molecule has 0 N–H and O–H groups in total. The van der Waals surface area contributed by atoms with Crippen LogP contribution in [0.1, 0.15) is 29.9 Å². The maximum Gasteiger partial charge on any atom is 0.203 e. The third kappa shape index (κ3) is 3.53. The van der Waals surface area contributed by atoms with Crippen molar-refractivity contribution in [3.05, 3.63) is 53.6 Å². The van der Waals surface area contributed by atoms with Gasteiger partial charge in [0.15, 0.2) is 11.5 Å². The molecule has 0 radical (unpaired) electrons. The summed E-state index contributed by atoms with van der Waals surface area (Å²) < 4.78 is 16.5. The van der Waals surface area contributed by atoms with E-state index in [1.165, 1.54) is 5.56 Å². The smallest absolute Gasteiger partial charge is 0.203 e. The summed E-state index contributed by atoms with van der Waals surface area (Å²) in [6.07, 6.45) is 1.85. The van der Waals surface area contributed by atoms with E-state index in [-0.39, 0.29) is 0 Å². The van der Waals surface area contributed by atoms with E-state index in [2.05, 4.69) is 30.3 Å². The lowest BCUT2D eigenvalue weighted by Gasteiger charge is -2.35. The van der Waals surface area contributed by atoms with E-state index in [1.807, 2.05) is 37.2 Å². The molecule has 2 aromatic carbocycles. The predicted molar refractivity (Wildman–Crippen MR) is 109 cm³/mol. The normalized spacial score (nSPS) is 20.2. The topological polar surface area (TPSA) is 54.7 Å². The van der Waals surface area contributed by atoms with Gasteiger partial charge in [-0.2, -0.15) is 5.26 Å². The first-order valence-corrected chi connectivity index (χ1v) is 9.44. The Labute approximate surface area is 167 Å². The molecule has 5 heteroatoms. The number of hydrogen-bond acceptors (Lipinski definition) is 5. The first-order valence-electron chi connectivity index (χ1n) is 9.44. The molecule has 0 aromatic heterocycles. The maximum absolute atomic E-state index is 10.3. The molecule has 1 unspecified atom stereocenters.